The van der Waals surface area contributed by atoms with Crippen molar-refractivity contribution in [3.63, 3.8) is 0 Å². The van der Waals surface area contributed by atoms with E-state index in [4.69, 9.17) is 27.9 Å². The molecule has 3 amide bonds. The Hall–Kier alpha value is -3.16. The summed E-state index contributed by atoms with van der Waals surface area (Å²) in [4.78, 5) is 24.1. The van der Waals surface area contributed by atoms with Crippen molar-refractivity contribution >= 4 is 40.8 Å². The molecule has 0 spiro atoms. The number of ether oxygens (including phenoxy) is 1. The van der Waals surface area contributed by atoms with Gasteiger partial charge in [-0.3, -0.25) is 10.1 Å². The van der Waals surface area contributed by atoms with E-state index in [1.807, 2.05) is 5.32 Å². The molecule has 0 aliphatic carbocycles. The van der Waals surface area contributed by atoms with Gasteiger partial charge in [-0.15, -0.1) is 0 Å². The van der Waals surface area contributed by atoms with Crippen molar-refractivity contribution in [2.75, 3.05) is 5.32 Å². The SMILES string of the molecule is O=C(NC(=O)c1c(F)cccc1Cl)Nc1ccc(Oc2ccc(F)cc2)c(Cl)c1. The number of nitrogens with one attached hydrogen (secondary N) is 2. The van der Waals surface area contributed by atoms with Crippen LogP contribution in [0, 0.1) is 11.6 Å². The third-order valence-corrected chi connectivity index (χ3v) is 4.26. The number of amides is 3. The zero-order valence-corrected chi connectivity index (χ0v) is 16.0. The van der Waals surface area contributed by atoms with Gasteiger partial charge in [-0.05, 0) is 54.6 Å². The van der Waals surface area contributed by atoms with E-state index in [0.717, 1.165) is 6.07 Å². The summed E-state index contributed by atoms with van der Waals surface area (Å²) in [6.07, 6.45) is 0. The van der Waals surface area contributed by atoms with E-state index in [9.17, 15) is 18.4 Å². The van der Waals surface area contributed by atoms with E-state index in [1.165, 1.54) is 54.6 Å². The first kappa shape index (κ1) is 20.6. The molecule has 0 aliphatic heterocycles. The van der Waals surface area contributed by atoms with Gasteiger partial charge in [-0.25, -0.2) is 13.6 Å². The summed E-state index contributed by atoms with van der Waals surface area (Å²) < 4.78 is 32.2. The van der Waals surface area contributed by atoms with Gasteiger partial charge < -0.3 is 10.1 Å². The number of carbonyl (C=O) groups is 2. The average molecular weight is 437 g/mol. The Morgan fingerprint density at radius 1 is 0.897 bits per heavy atom. The first-order valence-corrected chi connectivity index (χ1v) is 8.88. The highest BCUT2D eigenvalue weighted by Crippen LogP contribution is 2.31. The third kappa shape index (κ3) is 5.22. The van der Waals surface area contributed by atoms with Gasteiger partial charge >= 0.3 is 6.03 Å². The molecule has 3 aromatic rings. The van der Waals surface area contributed by atoms with E-state index >= 15 is 0 Å². The molecule has 0 atom stereocenters. The highest BCUT2D eigenvalue weighted by Gasteiger charge is 2.18. The van der Waals surface area contributed by atoms with Gasteiger partial charge in [-0.1, -0.05) is 29.3 Å². The van der Waals surface area contributed by atoms with E-state index in [-0.39, 0.29) is 21.5 Å². The fraction of sp³-hybridized carbons (Fsp3) is 0. The fourth-order valence-electron chi connectivity index (χ4n) is 2.33. The molecular formula is C20H12Cl2F2N2O3. The molecule has 0 unspecified atom stereocenters. The molecule has 0 aromatic heterocycles. The van der Waals surface area contributed by atoms with Crippen molar-refractivity contribution in [3.05, 3.63) is 87.9 Å². The molecule has 148 valence electrons. The summed E-state index contributed by atoms with van der Waals surface area (Å²) in [6.45, 7) is 0. The Kier molecular flexibility index (Phi) is 6.31. The van der Waals surface area contributed by atoms with E-state index in [1.54, 1.807) is 0 Å². The molecule has 0 heterocycles. The van der Waals surface area contributed by atoms with Crippen LogP contribution in [-0.2, 0) is 0 Å². The van der Waals surface area contributed by atoms with Gasteiger partial charge in [0.25, 0.3) is 5.91 Å². The largest absolute Gasteiger partial charge is 0.456 e. The standard InChI is InChI=1S/C20H12Cl2F2N2O3/c21-14-2-1-3-16(24)18(14)19(27)26-20(28)25-12-6-9-17(15(22)10-12)29-13-7-4-11(23)5-8-13/h1-10H,(H2,25,26,27,28). The Balaban J connectivity index is 1.65. The van der Waals surface area contributed by atoms with Gasteiger partial charge in [-0.2, -0.15) is 0 Å². The summed E-state index contributed by atoms with van der Waals surface area (Å²) in [6, 6.07) is 12.5. The quantitative estimate of drug-likeness (QED) is 0.524. The van der Waals surface area contributed by atoms with Gasteiger partial charge in [0.2, 0.25) is 0 Å². The van der Waals surface area contributed by atoms with Gasteiger partial charge in [0.05, 0.1) is 15.6 Å². The number of halogens is 4. The zero-order valence-electron chi connectivity index (χ0n) is 14.5. The average Bonchev–Trinajstić information content (AvgIpc) is 2.65. The van der Waals surface area contributed by atoms with Crippen molar-refractivity contribution in [1.29, 1.82) is 0 Å². The van der Waals surface area contributed by atoms with E-state index in [2.05, 4.69) is 5.32 Å². The highest BCUT2D eigenvalue weighted by molar-refractivity contribution is 6.34. The lowest BCUT2D eigenvalue weighted by molar-refractivity contribution is 0.0963. The fourth-order valence-corrected chi connectivity index (χ4v) is 2.80. The molecule has 2 N–H and O–H groups in total. The lowest BCUT2D eigenvalue weighted by atomic mass is 10.2. The van der Waals surface area contributed by atoms with Crippen molar-refractivity contribution < 1.29 is 23.1 Å². The molecular weight excluding hydrogens is 425 g/mol. The molecule has 3 rings (SSSR count). The second-order valence-corrected chi connectivity index (χ2v) is 6.52. The summed E-state index contributed by atoms with van der Waals surface area (Å²) in [5.41, 5.74) is -0.184. The predicted molar refractivity (Wildman–Crippen MR) is 106 cm³/mol. The first-order chi connectivity index (χ1) is 13.8. The topological polar surface area (TPSA) is 67.4 Å². The number of urea groups is 1. The Morgan fingerprint density at radius 2 is 1.62 bits per heavy atom. The number of anilines is 1. The Morgan fingerprint density at radius 3 is 2.28 bits per heavy atom. The highest BCUT2D eigenvalue weighted by atomic mass is 35.5. The van der Waals surface area contributed by atoms with E-state index < -0.39 is 29.1 Å². The maximum absolute atomic E-state index is 13.7. The maximum Gasteiger partial charge on any atom is 0.326 e. The molecule has 0 aliphatic rings. The molecule has 0 saturated heterocycles. The minimum absolute atomic E-state index is 0.124. The lowest BCUT2D eigenvalue weighted by Gasteiger charge is -2.11. The second-order valence-electron chi connectivity index (χ2n) is 5.71. The van der Waals surface area contributed by atoms with Crippen LogP contribution in [0.5, 0.6) is 11.5 Å². The number of rotatable bonds is 4. The van der Waals surface area contributed by atoms with Crippen LogP contribution in [0.15, 0.2) is 60.7 Å². The van der Waals surface area contributed by atoms with Crippen LogP contribution in [0.2, 0.25) is 10.0 Å². The van der Waals surface area contributed by atoms with E-state index in [0.29, 0.717) is 5.75 Å². The van der Waals surface area contributed by atoms with Crippen molar-refractivity contribution in [2.45, 2.75) is 0 Å². The van der Waals surface area contributed by atoms with Gasteiger partial charge in [0.15, 0.2) is 0 Å². The Labute approximate surface area is 174 Å². The first-order valence-electron chi connectivity index (χ1n) is 8.13. The summed E-state index contributed by atoms with van der Waals surface area (Å²) in [5.74, 6) is -1.60. The van der Waals surface area contributed by atoms with Crippen molar-refractivity contribution in [1.82, 2.24) is 5.32 Å². The van der Waals surface area contributed by atoms with Crippen LogP contribution in [0.3, 0.4) is 0 Å². The smallest absolute Gasteiger partial charge is 0.326 e. The van der Waals surface area contributed by atoms with Crippen LogP contribution < -0.4 is 15.4 Å². The summed E-state index contributed by atoms with van der Waals surface area (Å²) >= 11 is 11.9. The van der Waals surface area contributed by atoms with Crippen LogP contribution in [0.4, 0.5) is 19.3 Å². The normalized spacial score (nSPS) is 10.3. The maximum atomic E-state index is 13.7. The lowest BCUT2D eigenvalue weighted by Crippen LogP contribution is -2.35. The van der Waals surface area contributed by atoms with Crippen LogP contribution in [0.1, 0.15) is 10.4 Å². The number of hydrogen-bond acceptors (Lipinski definition) is 3. The third-order valence-electron chi connectivity index (χ3n) is 3.65. The minimum atomic E-state index is -0.993. The van der Waals surface area contributed by atoms with Crippen molar-refractivity contribution in [2.24, 2.45) is 0 Å². The number of hydrogen-bond donors (Lipinski definition) is 2. The minimum Gasteiger partial charge on any atom is -0.456 e. The molecule has 5 nitrogen and oxygen atoms in total. The monoisotopic (exact) mass is 436 g/mol. The molecule has 0 fully saturated rings. The zero-order chi connectivity index (χ0) is 21.0. The number of benzene rings is 3. The number of carbonyl (C=O) groups excluding carboxylic acids is 2. The van der Waals surface area contributed by atoms with Crippen LogP contribution in [0.25, 0.3) is 0 Å². The predicted octanol–water partition coefficient (Wildman–Crippen LogP) is 6.03. The molecule has 29 heavy (non-hydrogen) atoms. The molecule has 0 radical (unpaired) electrons. The summed E-state index contributed by atoms with van der Waals surface area (Å²) in [7, 11) is 0. The van der Waals surface area contributed by atoms with Gasteiger partial charge in [0, 0.05) is 5.69 Å². The number of imide groups is 1. The van der Waals surface area contributed by atoms with Gasteiger partial charge in [0.1, 0.15) is 23.1 Å². The molecule has 3 aromatic carbocycles. The van der Waals surface area contributed by atoms with Crippen LogP contribution in [-0.4, -0.2) is 11.9 Å². The molecule has 0 bridgehead atoms. The van der Waals surface area contributed by atoms with Crippen LogP contribution >= 0.6 is 23.2 Å². The van der Waals surface area contributed by atoms with Crippen molar-refractivity contribution in [3.8, 4) is 11.5 Å². The summed E-state index contributed by atoms with van der Waals surface area (Å²) in [5, 5.41) is 4.42. The molecule has 0 saturated carbocycles. The second kappa shape index (κ2) is 8.89. The molecule has 9 heteroatoms. The Bertz CT molecular complexity index is 1060.